The van der Waals surface area contributed by atoms with E-state index in [0.29, 0.717) is 122 Å². The molecule has 8 aliphatic rings. The van der Waals surface area contributed by atoms with Gasteiger partial charge < -0.3 is 53.8 Å². The smallest absolute Gasteiger partial charge is 0.270 e. The molecule has 26 heteroatoms. The van der Waals surface area contributed by atoms with Crippen molar-refractivity contribution < 1.29 is 70.2 Å². The summed E-state index contributed by atoms with van der Waals surface area (Å²) >= 11 is 4.59. The molecule has 0 aromatic heterocycles. The van der Waals surface area contributed by atoms with Gasteiger partial charge in [-0.25, -0.2) is 0 Å². The van der Waals surface area contributed by atoms with Crippen molar-refractivity contribution in [3.05, 3.63) is 277 Å². The molecule has 0 saturated carbocycles. The van der Waals surface area contributed by atoms with E-state index in [0.717, 1.165) is 107 Å². The van der Waals surface area contributed by atoms with Gasteiger partial charge in [-0.1, -0.05) is 108 Å². The van der Waals surface area contributed by atoms with E-state index in [-0.39, 0.29) is 102 Å². The SMILES string of the molecule is COc1cc2c(cc1OCc1cc(COc3cc4c(cc3C)C(=O)N3c5ccccc5C[C@H]3C(S(=O)(=O)O)C4)cc(NC(=O)CCC(C)(C)S)c1)CC[C@@H]1Cc3ccccc3N1C2=O.COc1cc2c(cc1OCc1cc(COc3cc4c(cc3C)C(=O)N3c5ccccc5C[C@H]3C=N4)cc(NC(=O)CCC(C)(C)SSC)c1)CC[C@@H]1Cc3ccccc3N1C2=O. The van der Waals surface area contributed by atoms with Crippen molar-refractivity contribution in [2.45, 2.75) is 190 Å². The van der Waals surface area contributed by atoms with Crippen LogP contribution in [0.4, 0.5) is 39.8 Å². The fourth-order valence-electron chi connectivity index (χ4n) is 18.8. The minimum atomic E-state index is -4.56. The van der Waals surface area contributed by atoms with Gasteiger partial charge in [-0.3, -0.25) is 43.2 Å². The van der Waals surface area contributed by atoms with E-state index in [1.165, 1.54) is 16.0 Å². The molecule has 126 heavy (non-hydrogen) atoms. The Kier molecular flexibility index (Phi) is 24.5. The maximum atomic E-state index is 14.2. The van der Waals surface area contributed by atoms with Crippen LogP contribution in [0, 0.1) is 13.8 Å². The van der Waals surface area contributed by atoms with Gasteiger partial charge in [-0.15, -0.1) is 0 Å². The third kappa shape index (κ3) is 18.1. The summed E-state index contributed by atoms with van der Waals surface area (Å²) in [4.78, 5) is 94.8. The third-order valence-electron chi connectivity index (χ3n) is 25.0. The number of aliphatic imine (C=N–C) groups is 1. The molecule has 22 nitrogen and oxygen atoms in total. The molecule has 0 spiro atoms. The van der Waals surface area contributed by atoms with Crippen molar-refractivity contribution in [2.75, 3.05) is 50.7 Å². The molecule has 3 N–H and O–H groups in total. The number of para-hydroxylation sites is 4. The highest BCUT2D eigenvalue weighted by molar-refractivity contribution is 8.76. The molecule has 650 valence electrons. The predicted octanol–water partition coefficient (Wildman–Crippen LogP) is 19.0. The number of hydrogen-bond donors (Lipinski definition) is 4. The molecule has 5 atom stereocenters. The summed E-state index contributed by atoms with van der Waals surface area (Å²) < 4.78 is 73.4. The molecule has 0 fully saturated rings. The Morgan fingerprint density at radius 1 is 0.476 bits per heavy atom. The van der Waals surface area contributed by atoms with Crippen LogP contribution in [0.25, 0.3) is 0 Å². The highest BCUT2D eigenvalue weighted by Gasteiger charge is 2.48. The highest BCUT2D eigenvalue weighted by Crippen LogP contribution is 2.47. The second kappa shape index (κ2) is 35.7. The van der Waals surface area contributed by atoms with Crippen LogP contribution in [0.5, 0.6) is 34.5 Å². The van der Waals surface area contributed by atoms with Crippen LogP contribution >= 0.6 is 34.2 Å². The van der Waals surface area contributed by atoms with Gasteiger partial charge in [-0.2, -0.15) is 21.0 Å². The Balaban J connectivity index is 0.000000178. The Labute approximate surface area is 748 Å². The van der Waals surface area contributed by atoms with Gasteiger partial charge in [0.25, 0.3) is 33.7 Å². The number of aryl methyl sites for hydroxylation is 4. The highest BCUT2D eigenvalue weighted by atomic mass is 33.1. The van der Waals surface area contributed by atoms with Crippen LogP contribution in [-0.4, -0.2) is 114 Å². The number of carbonyl (C=O) groups is 6. The Hall–Kier alpha value is -11.6. The summed E-state index contributed by atoms with van der Waals surface area (Å²) in [7, 11) is 2.04. The largest absolute Gasteiger partial charge is 0.493 e. The van der Waals surface area contributed by atoms with Crippen LogP contribution < -0.4 is 58.7 Å². The number of fused-ring (bicyclic) bond motifs is 16. The van der Waals surface area contributed by atoms with Crippen molar-refractivity contribution in [2.24, 2.45) is 4.99 Å². The number of methoxy groups -OCH3 is 2. The lowest BCUT2D eigenvalue weighted by Crippen LogP contribution is -2.47. The number of thiol groups is 1. The van der Waals surface area contributed by atoms with Gasteiger partial charge in [0.15, 0.2) is 23.0 Å². The molecule has 0 saturated heterocycles. The van der Waals surface area contributed by atoms with E-state index in [1.54, 1.807) is 60.1 Å². The minimum absolute atomic E-state index is 0.0185. The topological polar surface area (TPSA) is 262 Å². The van der Waals surface area contributed by atoms with Gasteiger partial charge in [0.2, 0.25) is 11.8 Å². The third-order valence-corrected chi connectivity index (χ3v) is 29.2. The Morgan fingerprint density at radius 3 is 1.36 bits per heavy atom. The monoisotopic (exact) mass is 1770 g/mol. The molecule has 1 unspecified atom stereocenters. The van der Waals surface area contributed by atoms with Crippen LogP contribution in [0.3, 0.4) is 0 Å². The molecular weight excluding hydrogens is 1670 g/mol. The zero-order valence-electron chi connectivity index (χ0n) is 71.9. The van der Waals surface area contributed by atoms with E-state index < -0.39 is 21.4 Å². The summed E-state index contributed by atoms with van der Waals surface area (Å²) in [5.74, 6) is 2.28. The molecule has 8 heterocycles. The van der Waals surface area contributed by atoms with Crippen molar-refractivity contribution in [3.63, 3.8) is 0 Å². The maximum absolute atomic E-state index is 14.2. The van der Waals surface area contributed by atoms with Crippen molar-refractivity contribution >= 4 is 126 Å². The van der Waals surface area contributed by atoms with Crippen LogP contribution in [0.15, 0.2) is 187 Å². The summed E-state index contributed by atoms with van der Waals surface area (Å²) in [6.45, 7) is 12.5. The number of hydrogen-bond acceptors (Lipinski definition) is 18. The number of ether oxygens (including phenoxy) is 6. The zero-order chi connectivity index (χ0) is 88.2. The van der Waals surface area contributed by atoms with Crippen LogP contribution in [0.2, 0.25) is 0 Å². The minimum Gasteiger partial charge on any atom is -0.493 e. The van der Waals surface area contributed by atoms with Gasteiger partial charge in [0.05, 0.1) is 37.6 Å². The first-order chi connectivity index (χ1) is 60.5. The first-order valence-corrected chi connectivity index (χ1v) is 47.2. The molecule has 10 aromatic rings. The zero-order valence-corrected chi connectivity index (χ0v) is 75.2. The fraction of sp³-hybridized carbons (Fsp3) is 0.330. The number of amides is 6. The van der Waals surface area contributed by atoms with Crippen molar-refractivity contribution in [1.29, 1.82) is 0 Å². The average Bonchev–Trinajstić information content (AvgIpc) is 1.60. The number of anilines is 6. The normalized spacial score (nSPS) is 18.0. The first kappa shape index (κ1) is 86.6. The van der Waals surface area contributed by atoms with Crippen LogP contribution in [-0.2, 0) is 91.1 Å². The van der Waals surface area contributed by atoms with Gasteiger partial charge in [0.1, 0.15) is 43.2 Å². The van der Waals surface area contributed by atoms with Gasteiger partial charge in [0, 0.05) is 104 Å². The Morgan fingerprint density at radius 2 is 0.881 bits per heavy atom. The van der Waals surface area contributed by atoms with E-state index in [9.17, 15) is 41.7 Å². The summed E-state index contributed by atoms with van der Waals surface area (Å²) in [6.07, 6.45) is 11.5. The van der Waals surface area contributed by atoms with Crippen molar-refractivity contribution in [1.82, 2.24) is 0 Å². The summed E-state index contributed by atoms with van der Waals surface area (Å²) in [6, 6.07) is 56.8. The average molecular weight is 1770 g/mol. The molecule has 18 rings (SSSR count). The lowest BCUT2D eigenvalue weighted by Gasteiger charge is -2.27. The summed E-state index contributed by atoms with van der Waals surface area (Å²) in [5, 5.41) is 4.92. The van der Waals surface area contributed by atoms with Crippen LogP contribution in [0.1, 0.15) is 180 Å². The summed E-state index contributed by atoms with van der Waals surface area (Å²) in [5.41, 5.74) is 18.6. The quantitative estimate of drug-likeness (QED) is 0.0235. The number of rotatable bonds is 25. The van der Waals surface area contributed by atoms with E-state index in [2.05, 4.69) is 55.3 Å². The second-order valence-corrected chi connectivity index (χ2v) is 40.9. The molecule has 0 bridgehead atoms. The molecular formula is C100H101N7O15S4. The molecule has 0 radical (unpaired) electrons. The molecule has 0 aliphatic carbocycles. The number of nitrogens with one attached hydrogen (secondary N) is 2. The number of benzene rings is 10. The number of carbonyl (C=O) groups excluding carboxylic acids is 6. The van der Waals surface area contributed by atoms with E-state index in [4.69, 9.17) is 33.4 Å². The fourth-order valence-corrected chi connectivity index (χ4v) is 22.2. The maximum Gasteiger partial charge on any atom is 0.270 e. The molecule has 8 aliphatic heterocycles. The Bertz CT molecular complexity index is 6190. The lowest BCUT2D eigenvalue weighted by molar-refractivity contribution is -0.117. The molecule has 10 aromatic carbocycles. The lowest BCUT2D eigenvalue weighted by atomic mass is 9.97. The van der Waals surface area contributed by atoms with E-state index >= 15 is 0 Å². The molecule has 6 amide bonds. The van der Waals surface area contributed by atoms with E-state index in [1.807, 2.05) is 194 Å². The second-order valence-electron chi connectivity index (χ2n) is 35.0. The standard InChI is InChI=1S/C50H50N4O6S2.C50H51N3O9S2/c1-30-18-40-41(51-27-38-23-35-11-7-9-13-43(35)54(38)49(40)57)26-44(30)59-28-31-19-32(21-36(20-31)52-47(55)16-17-50(2,3)62-61-5)29-60-46-24-33-14-15-37-22-34-10-6-8-12-42(34)53(37)48(56)39(33)25-45(46)58-4;1-29-17-38-35(25-46(64(57,58)59)42-22-34-10-6-8-12-41(34)53(42)49(38)56)24-43(29)61-27-30-18-31(20-36(19-30)51-47(54)15-16-50(2,3)63)28-62-45-23-32-13-14-37-21-33-9-5-7-11-40(33)52(37)48(55)39(32)26-44(45)60-4/h6-13,18-21,24-27,37-38H,14-17,22-23,28-29H2,1-5H3,(H,52,55);5-12,17-20,23-24,26,37,42,46,63H,13-16,21-22,25,27-28H2,1-4H3,(H,51,54)(H,57,58,59)/t37-,38+;37-,42+,46?/m11/s1. The van der Waals surface area contributed by atoms with Gasteiger partial charge in [-0.05, 0) is 274 Å². The van der Waals surface area contributed by atoms with Crippen molar-refractivity contribution in [3.8, 4) is 34.5 Å². The predicted molar refractivity (Wildman–Crippen MR) is 499 cm³/mol. The number of nitrogens with zero attached hydrogens (tertiary/aromatic N) is 5. The first-order valence-electron chi connectivity index (χ1n) is 42.7. The van der Waals surface area contributed by atoms with Gasteiger partial charge >= 0.3 is 0 Å².